The van der Waals surface area contributed by atoms with Gasteiger partial charge in [0, 0.05) is 11.1 Å². The molecule has 4 heteroatoms. The first-order valence-corrected chi connectivity index (χ1v) is 15.0. The smallest absolute Gasteiger partial charge is 0.166 e. The highest BCUT2D eigenvalue weighted by atomic mass is 19.2. The molecule has 0 radical (unpaired) electrons. The minimum atomic E-state index is -0.830. The lowest BCUT2D eigenvalue weighted by molar-refractivity contribution is 0.157. The van der Waals surface area contributed by atoms with Crippen LogP contribution in [0.4, 0.5) is 13.2 Å². The molecule has 2 aliphatic carbocycles. The van der Waals surface area contributed by atoms with Crippen LogP contribution in [0.2, 0.25) is 0 Å². The van der Waals surface area contributed by atoms with E-state index in [1.165, 1.54) is 44.9 Å². The highest BCUT2D eigenvalue weighted by Gasteiger charge is 2.31. The van der Waals surface area contributed by atoms with Gasteiger partial charge >= 0.3 is 0 Å². The number of hydrogen-bond donors (Lipinski definition) is 0. The van der Waals surface area contributed by atoms with Crippen molar-refractivity contribution in [1.29, 1.82) is 0 Å². The average molecular weight is 529 g/mol. The molecule has 2 fully saturated rings. The van der Waals surface area contributed by atoms with Crippen molar-refractivity contribution in [3.8, 4) is 22.3 Å². The van der Waals surface area contributed by atoms with Gasteiger partial charge in [0.15, 0.2) is 11.6 Å². The minimum absolute atomic E-state index is 0.218. The average Bonchev–Trinajstić information content (AvgIpc) is 2.98. The molecule has 204 valence electrons. The van der Waals surface area contributed by atoms with E-state index in [9.17, 15) is 8.78 Å². The molecule has 0 amide bonds. The molecule has 0 aliphatic heterocycles. The fraction of sp³-hybridized carbons (Fsp3) is 0.429. The Morgan fingerprint density at radius 1 is 0.718 bits per heavy atom. The van der Waals surface area contributed by atoms with Crippen molar-refractivity contribution in [2.75, 3.05) is 0 Å². The van der Waals surface area contributed by atoms with Crippen LogP contribution in [-0.2, 0) is 6.32 Å². The monoisotopic (exact) mass is 528 g/mol. The summed E-state index contributed by atoms with van der Waals surface area (Å²) >= 11 is 0. The van der Waals surface area contributed by atoms with E-state index < -0.39 is 11.6 Å². The van der Waals surface area contributed by atoms with Crippen LogP contribution < -0.4 is 0 Å². The molecule has 0 spiro atoms. The first-order chi connectivity index (χ1) is 19.0. The van der Waals surface area contributed by atoms with Gasteiger partial charge in [-0.2, -0.15) is 0 Å². The quantitative estimate of drug-likeness (QED) is 0.202. The standard InChI is InChI=1S/C35H40BF3/c1-2-3-4-23-5-7-24(8-6-23)25-9-11-26(12-10-25)29-17-19-31(33(37)21-29)27-13-15-28(16-14-27)32-20-18-30(22-36)34(38)35(32)39/h2,13-21,23-26H,1,3-12,22,36H2. The zero-order valence-corrected chi connectivity index (χ0v) is 23.2. The predicted molar refractivity (Wildman–Crippen MR) is 159 cm³/mol. The number of halogens is 3. The van der Waals surface area contributed by atoms with Gasteiger partial charge < -0.3 is 0 Å². The molecular formula is C35H40BF3. The predicted octanol–water partition coefficient (Wildman–Crippen LogP) is 9.62. The highest BCUT2D eigenvalue weighted by molar-refractivity contribution is 6.08. The Labute approximate surface area is 233 Å². The Morgan fingerprint density at radius 2 is 1.31 bits per heavy atom. The summed E-state index contributed by atoms with van der Waals surface area (Å²) in [7, 11) is 1.80. The minimum Gasteiger partial charge on any atom is -0.206 e. The van der Waals surface area contributed by atoms with E-state index >= 15 is 4.39 Å². The van der Waals surface area contributed by atoms with E-state index in [0.29, 0.717) is 28.9 Å². The second kappa shape index (κ2) is 12.6. The number of hydrogen-bond acceptors (Lipinski definition) is 0. The number of benzene rings is 3. The second-order valence-electron chi connectivity index (χ2n) is 11.8. The molecule has 5 rings (SSSR count). The van der Waals surface area contributed by atoms with Gasteiger partial charge in [0.05, 0.1) is 0 Å². The molecular weight excluding hydrogens is 488 g/mol. The van der Waals surface area contributed by atoms with Gasteiger partial charge in [-0.15, -0.1) is 6.58 Å². The molecule has 0 heterocycles. The van der Waals surface area contributed by atoms with Gasteiger partial charge in [-0.1, -0.05) is 73.8 Å². The topological polar surface area (TPSA) is 0 Å². The largest absolute Gasteiger partial charge is 0.206 e. The molecule has 39 heavy (non-hydrogen) atoms. The molecule has 0 nitrogen and oxygen atoms in total. The third-order valence-electron chi connectivity index (χ3n) is 9.62. The summed E-state index contributed by atoms with van der Waals surface area (Å²) in [6, 6.07) is 16.0. The summed E-state index contributed by atoms with van der Waals surface area (Å²) < 4.78 is 44.2. The molecule has 2 saturated carbocycles. The van der Waals surface area contributed by atoms with Gasteiger partial charge in [-0.25, -0.2) is 13.2 Å². The maximum atomic E-state index is 15.3. The Hall–Kier alpha value is -2.75. The van der Waals surface area contributed by atoms with E-state index in [0.717, 1.165) is 48.1 Å². The summed E-state index contributed by atoms with van der Waals surface area (Å²) in [5.74, 6) is 1.20. The summed E-state index contributed by atoms with van der Waals surface area (Å²) in [5.41, 5.74) is 3.56. The zero-order valence-electron chi connectivity index (χ0n) is 23.2. The third kappa shape index (κ3) is 6.21. The summed E-state index contributed by atoms with van der Waals surface area (Å²) in [6.07, 6.45) is 15.3. The van der Waals surface area contributed by atoms with Crippen molar-refractivity contribution in [2.45, 2.75) is 76.4 Å². The first-order valence-electron chi connectivity index (χ1n) is 15.0. The van der Waals surface area contributed by atoms with Crippen molar-refractivity contribution in [3.63, 3.8) is 0 Å². The number of rotatable bonds is 8. The molecule has 0 bridgehead atoms. The Kier molecular flexibility index (Phi) is 9.00. The summed E-state index contributed by atoms with van der Waals surface area (Å²) in [5, 5.41) is 0. The van der Waals surface area contributed by atoms with E-state index in [1.54, 1.807) is 50.3 Å². The van der Waals surface area contributed by atoms with Gasteiger partial charge in [-0.05, 0) is 103 Å². The van der Waals surface area contributed by atoms with Gasteiger partial charge in [-0.3, -0.25) is 0 Å². The van der Waals surface area contributed by atoms with Crippen molar-refractivity contribution < 1.29 is 13.2 Å². The Balaban J connectivity index is 1.20. The van der Waals surface area contributed by atoms with Crippen molar-refractivity contribution in [1.82, 2.24) is 0 Å². The molecule has 0 saturated heterocycles. The lowest BCUT2D eigenvalue weighted by atomic mass is 9.68. The lowest BCUT2D eigenvalue weighted by Crippen LogP contribution is -2.25. The summed E-state index contributed by atoms with van der Waals surface area (Å²) in [6.45, 7) is 3.87. The van der Waals surface area contributed by atoms with Crippen LogP contribution in [0.5, 0.6) is 0 Å². The SMILES string of the molecule is BCc1ccc(-c2ccc(-c3ccc(C4CCC(C5CCC(CCC=C)CC5)CC4)cc3F)cc2)c(F)c1F. The number of allylic oxidation sites excluding steroid dienone is 1. The van der Waals surface area contributed by atoms with Crippen LogP contribution in [-0.4, -0.2) is 7.85 Å². The molecule has 3 aromatic rings. The van der Waals surface area contributed by atoms with Gasteiger partial charge in [0.25, 0.3) is 0 Å². The van der Waals surface area contributed by atoms with Crippen LogP contribution in [0.3, 0.4) is 0 Å². The van der Waals surface area contributed by atoms with E-state index in [2.05, 4.69) is 18.7 Å². The van der Waals surface area contributed by atoms with Crippen LogP contribution in [0, 0.1) is 35.2 Å². The Morgan fingerprint density at radius 3 is 1.90 bits per heavy atom. The third-order valence-corrected chi connectivity index (χ3v) is 9.62. The molecule has 2 aliphatic rings. The van der Waals surface area contributed by atoms with Gasteiger partial charge in [0.1, 0.15) is 13.7 Å². The van der Waals surface area contributed by atoms with Crippen LogP contribution in [0.15, 0.2) is 67.3 Å². The van der Waals surface area contributed by atoms with Crippen LogP contribution >= 0.6 is 0 Å². The first kappa shape index (κ1) is 27.8. The summed E-state index contributed by atoms with van der Waals surface area (Å²) in [4.78, 5) is 0. The van der Waals surface area contributed by atoms with Crippen LogP contribution in [0.25, 0.3) is 22.3 Å². The van der Waals surface area contributed by atoms with Crippen molar-refractivity contribution in [3.05, 3.63) is 95.8 Å². The lowest BCUT2D eigenvalue weighted by Gasteiger charge is -2.38. The molecule has 0 atom stereocenters. The van der Waals surface area contributed by atoms with E-state index in [1.807, 2.05) is 6.07 Å². The molecule has 0 unspecified atom stereocenters. The van der Waals surface area contributed by atoms with Crippen molar-refractivity contribution >= 4 is 7.85 Å². The van der Waals surface area contributed by atoms with E-state index in [4.69, 9.17) is 0 Å². The maximum absolute atomic E-state index is 15.3. The fourth-order valence-corrected chi connectivity index (χ4v) is 7.16. The van der Waals surface area contributed by atoms with E-state index in [-0.39, 0.29) is 11.4 Å². The zero-order chi connectivity index (χ0) is 27.4. The normalized spacial score (nSPS) is 23.5. The molecule has 0 aromatic heterocycles. The van der Waals surface area contributed by atoms with Crippen molar-refractivity contribution in [2.24, 2.45) is 17.8 Å². The van der Waals surface area contributed by atoms with Crippen LogP contribution in [0.1, 0.15) is 81.3 Å². The van der Waals surface area contributed by atoms with Gasteiger partial charge in [0.2, 0.25) is 0 Å². The Bertz CT molecular complexity index is 1270. The molecule has 0 N–H and O–H groups in total. The molecule has 3 aromatic carbocycles. The second-order valence-corrected chi connectivity index (χ2v) is 11.8. The fourth-order valence-electron chi connectivity index (χ4n) is 7.16. The highest BCUT2D eigenvalue weighted by Crippen LogP contribution is 2.45. The maximum Gasteiger partial charge on any atom is 0.166 e.